The molecule has 0 unspecified atom stereocenters. The number of hydrogen-bond donors (Lipinski definition) is 2. The number of halogens is 1. The molecule has 0 radical (unpaired) electrons. The van der Waals surface area contributed by atoms with Gasteiger partial charge in [0, 0.05) is 22.8 Å². The Bertz CT molecular complexity index is 1020. The van der Waals surface area contributed by atoms with Crippen molar-refractivity contribution < 1.29 is 13.6 Å². The van der Waals surface area contributed by atoms with E-state index < -0.39 is 0 Å². The average Bonchev–Trinajstić information content (AvgIpc) is 3.23. The lowest BCUT2D eigenvalue weighted by molar-refractivity contribution is 0.100. The second-order valence-corrected chi connectivity index (χ2v) is 5.12. The molecule has 0 aliphatic heterocycles. The molecule has 4 rings (SSSR count). The number of para-hydroxylation sites is 1. The molecule has 0 amide bonds. The molecule has 2 aromatic carbocycles. The quantitative estimate of drug-likeness (QED) is 0.560. The van der Waals surface area contributed by atoms with Crippen molar-refractivity contribution in [1.82, 2.24) is 15.2 Å². The van der Waals surface area contributed by atoms with Crippen LogP contribution in [0.2, 0.25) is 0 Å². The molecular weight excluding hydrogens is 311 g/mol. The van der Waals surface area contributed by atoms with Crippen molar-refractivity contribution in [3.8, 4) is 0 Å². The molecule has 0 fully saturated rings. The highest BCUT2D eigenvalue weighted by Crippen LogP contribution is 2.22. The number of carbonyl (C=O) groups excluding carboxylic acids is 1. The molecule has 2 aromatic heterocycles. The fraction of sp³-hybridized carbons (Fsp3) is 0. The van der Waals surface area contributed by atoms with Gasteiger partial charge < -0.3 is 14.7 Å². The molecule has 0 aliphatic rings. The normalized spacial score (nSPS) is 10.9. The maximum atomic E-state index is 12.9. The Morgan fingerprint density at radius 1 is 1.08 bits per heavy atom. The molecule has 4 aromatic rings. The van der Waals surface area contributed by atoms with Crippen LogP contribution in [-0.2, 0) is 0 Å². The molecular formula is C17H11FN4O2. The van der Waals surface area contributed by atoms with Gasteiger partial charge in [0.1, 0.15) is 5.82 Å². The van der Waals surface area contributed by atoms with Gasteiger partial charge >= 0.3 is 6.01 Å². The maximum absolute atomic E-state index is 12.9. The van der Waals surface area contributed by atoms with E-state index in [4.69, 9.17) is 4.42 Å². The van der Waals surface area contributed by atoms with Crippen LogP contribution in [0.15, 0.2) is 59.1 Å². The highest BCUT2D eigenvalue weighted by atomic mass is 19.1. The van der Waals surface area contributed by atoms with E-state index >= 15 is 0 Å². The monoisotopic (exact) mass is 322 g/mol. The summed E-state index contributed by atoms with van der Waals surface area (Å²) in [4.78, 5) is 15.6. The molecule has 0 atom stereocenters. The number of benzene rings is 2. The van der Waals surface area contributed by atoms with Crippen molar-refractivity contribution in [2.24, 2.45) is 0 Å². The van der Waals surface area contributed by atoms with E-state index in [0.717, 1.165) is 10.9 Å². The molecule has 0 spiro atoms. The summed E-state index contributed by atoms with van der Waals surface area (Å²) in [5.74, 6) is -0.835. The Morgan fingerprint density at radius 2 is 1.88 bits per heavy atom. The molecule has 0 aliphatic carbocycles. The van der Waals surface area contributed by atoms with E-state index in [2.05, 4.69) is 20.5 Å². The number of nitrogens with one attached hydrogen (secondary N) is 2. The number of ketones is 1. The van der Waals surface area contributed by atoms with Gasteiger partial charge in [0.2, 0.25) is 0 Å². The first-order valence-electron chi connectivity index (χ1n) is 7.17. The SMILES string of the molecule is O=C(c1nnc(Nc2ccc(F)cc2)o1)c1c[nH]c2ccccc12. The minimum absolute atomic E-state index is 0.0600. The number of carbonyl (C=O) groups is 1. The second kappa shape index (κ2) is 5.62. The molecule has 2 heterocycles. The predicted molar refractivity (Wildman–Crippen MR) is 85.7 cm³/mol. The van der Waals surface area contributed by atoms with Crippen molar-refractivity contribution >= 4 is 28.4 Å². The average molecular weight is 322 g/mol. The topological polar surface area (TPSA) is 83.8 Å². The van der Waals surface area contributed by atoms with Gasteiger partial charge in [0.05, 0.1) is 5.56 Å². The fourth-order valence-electron chi connectivity index (χ4n) is 2.40. The summed E-state index contributed by atoms with van der Waals surface area (Å²) in [5, 5.41) is 11.2. The van der Waals surface area contributed by atoms with Gasteiger partial charge in [-0.3, -0.25) is 4.79 Å². The summed E-state index contributed by atoms with van der Waals surface area (Å²) in [6.07, 6.45) is 1.62. The molecule has 0 saturated carbocycles. The third-order valence-corrected chi connectivity index (χ3v) is 3.55. The van der Waals surface area contributed by atoms with Crippen LogP contribution in [0, 0.1) is 5.82 Å². The van der Waals surface area contributed by atoms with Gasteiger partial charge in [-0.2, -0.15) is 0 Å². The fourth-order valence-corrected chi connectivity index (χ4v) is 2.40. The number of aromatic nitrogens is 3. The van der Waals surface area contributed by atoms with Crippen LogP contribution >= 0.6 is 0 Å². The number of hydrogen-bond acceptors (Lipinski definition) is 5. The Morgan fingerprint density at radius 3 is 2.71 bits per heavy atom. The first-order valence-corrected chi connectivity index (χ1v) is 7.17. The Kier molecular flexibility index (Phi) is 3.31. The Labute approximate surface area is 135 Å². The van der Waals surface area contributed by atoms with E-state index in [0.29, 0.717) is 11.3 Å². The van der Waals surface area contributed by atoms with Gasteiger partial charge in [0.15, 0.2) is 0 Å². The summed E-state index contributed by atoms with van der Waals surface area (Å²) in [6.45, 7) is 0. The molecule has 0 saturated heterocycles. The van der Waals surface area contributed by atoms with Crippen LogP contribution in [-0.4, -0.2) is 21.0 Å². The van der Waals surface area contributed by atoms with Crippen LogP contribution in [0.25, 0.3) is 10.9 Å². The number of aromatic amines is 1. The maximum Gasteiger partial charge on any atom is 0.320 e. The largest absolute Gasteiger partial charge is 0.400 e. The minimum atomic E-state index is -0.368. The van der Waals surface area contributed by atoms with E-state index in [-0.39, 0.29) is 23.5 Å². The number of fused-ring (bicyclic) bond motifs is 1. The summed E-state index contributed by atoms with van der Waals surface area (Å²) in [7, 11) is 0. The number of anilines is 2. The molecule has 118 valence electrons. The number of nitrogens with zero attached hydrogens (tertiary/aromatic N) is 2. The van der Waals surface area contributed by atoms with Gasteiger partial charge in [-0.25, -0.2) is 4.39 Å². The van der Waals surface area contributed by atoms with Crippen LogP contribution in [0.5, 0.6) is 0 Å². The van der Waals surface area contributed by atoms with E-state index in [1.807, 2.05) is 24.3 Å². The highest BCUT2D eigenvalue weighted by Gasteiger charge is 2.20. The van der Waals surface area contributed by atoms with Crippen molar-refractivity contribution in [2.75, 3.05) is 5.32 Å². The third kappa shape index (κ3) is 2.52. The zero-order chi connectivity index (χ0) is 16.5. The van der Waals surface area contributed by atoms with Gasteiger partial charge in [-0.15, -0.1) is 5.10 Å². The third-order valence-electron chi connectivity index (χ3n) is 3.55. The van der Waals surface area contributed by atoms with Crippen molar-refractivity contribution in [3.63, 3.8) is 0 Å². The first-order chi connectivity index (χ1) is 11.7. The van der Waals surface area contributed by atoms with Crippen LogP contribution in [0.4, 0.5) is 16.1 Å². The molecule has 7 heteroatoms. The van der Waals surface area contributed by atoms with Crippen molar-refractivity contribution in [3.05, 3.63) is 72.0 Å². The predicted octanol–water partition coefficient (Wildman–Crippen LogP) is 3.66. The molecule has 0 bridgehead atoms. The second-order valence-electron chi connectivity index (χ2n) is 5.12. The lowest BCUT2D eigenvalue weighted by Crippen LogP contribution is -2.00. The zero-order valence-corrected chi connectivity index (χ0v) is 12.3. The summed E-state index contributed by atoms with van der Waals surface area (Å²) < 4.78 is 18.3. The highest BCUT2D eigenvalue weighted by molar-refractivity contribution is 6.14. The number of H-pyrrole nitrogens is 1. The summed E-state index contributed by atoms with van der Waals surface area (Å²) in [6, 6.07) is 13.2. The minimum Gasteiger partial charge on any atom is -0.400 e. The standard InChI is InChI=1S/C17H11FN4O2/c18-10-5-7-11(8-6-10)20-17-22-21-16(24-17)15(23)13-9-19-14-4-2-1-3-12(13)14/h1-9,19H,(H,20,22). The van der Waals surface area contributed by atoms with Gasteiger partial charge in [-0.05, 0) is 30.3 Å². The zero-order valence-electron chi connectivity index (χ0n) is 12.3. The van der Waals surface area contributed by atoms with Crippen molar-refractivity contribution in [1.29, 1.82) is 0 Å². The Balaban J connectivity index is 1.60. The van der Waals surface area contributed by atoms with Gasteiger partial charge in [0.25, 0.3) is 11.7 Å². The Hall–Kier alpha value is -3.48. The van der Waals surface area contributed by atoms with E-state index in [9.17, 15) is 9.18 Å². The molecule has 24 heavy (non-hydrogen) atoms. The lowest BCUT2D eigenvalue weighted by Gasteiger charge is -1.99. The first kappa shape index (κ1) is 14.1. The van der Waals surface area contributed by atoms with Crippen LogP contribution in [0.1, 0.15) is 16.2 Å². The van der Waals surface area contributed by atoms with Crippen LogP contribution < -0.4 is 5.32 Å². The lowest BCUT2D eigenvalue weighted by atomic mass is 10.1. The number of rotatable bonds is 4. The van der Waals surface area contributed by atoms with Crippen LogP contribution in [0.3, 0.4) is 0 Å². The summed E-state index contributed by atoms with van der Waals surface area (Å²) >= 11 is 0. The van der Waals surface area contributed by atoms with Crippen molar-refractivity contribution in [2.45, 2.75) is 0 Å². The summed E-state index contributed by atoms with van der Waals surface area (Å²) in [5.41, 5.74) is 1.89. The molecule has 6 nitrogen and oxygen atoms in total. The molecule has 2 N–H and O–H groups in total. The smallest absolute Gasteiger partial charge is 0.320 e. The van der Waals surface area contributed by atoms with Gasteiger partial charge in [-0.1, -0.05) is 23.3 Å². The van der Waals surface area contributed by atoms with E-state index in [1.54, 1.807) is 6.20 Å². The van der Waals surface area contributed by atoms with E-state index in [1.165, 1.54) is 24.3 Å².